The van der Waals surface area contributed by atoms with Gasteiger partial charge in [-0.2, -0.15) is 0 Å². The minimum Gasteiger partial charge on any atom is -0.488 e. The first-order valence-electron chi connectivity index (χ1n) is 8.34. The molecule has 0 bridgehead atoms. The third-order valence-electron chi connectivity index (χ3n) is 4.50. The van der Waals surface area contributed by atoms with Crippen LogP contribution in [0.1, 0.15) is 24.8 Å². The molecule has 0 radical (unpaired) electrons. The van der Waals surface area contributed by atoms with Crippen molar-refractivity contribution in [1.29, 1.82) is 0 Å². The fraction of sp³-hybridized carbons (Fsp3) is 0.263. The number of rotatable bonds is 4. The predicted molar refractivity (Wildman–Crippen MR) is 96.6 cm³/mol. The second-order valence-corrected chi connectivity index (χ2v) is 6.39. The molecule has 0 spiro atoms. The van der Waals surface area contributed by atoms with Gasteiger partial charge in [-0.25, -0.2) is 14.4 Å². The van der Waals surface area contributed by atoms with Gasteiger partial charge >= 0.3 is 0 Å². The number of benzene rings is 2. The molecule has 6 heteroatoms. The predicted octanol–water partition coefficient (Wildman–Crippen LogP) is 4.33. The van der Waals surface area contributed by atoms with Gasteiger partial charge in [-0.1, -0.05) is 0 Å². The van der Waals surface area contributed by atoms with E-state index in [0.717, 1.165) is 35.7 Å². The number of nitrogens with one attached hydrogen (secondary N) is 1. The fourth-order valence-electron chi connectivity index (χ4n) is 3.01. The quantitative estimate of drug-likeness (QED) is 0.693. The third-order valence-corrected chi connectivity index (χ3v) is 4.50. The molecular formula is C19H19FN4O. The van der Waals surface area contributed by atoms with Crippen molar-refractivity contribution in [3.05, 3.63) is 48.0 Å². The van der Waals surface area contributed by atoms with Gasteiger partial charge in [0.15, 0.2) is 0 Å². The van der Waals surface area contributed by atoms with Gasteiger partial charge in [0.1, 0.15) is 23.7 Å². The number of hydrogen-bond acceptors (Lipinski definition) is 5. The zero-order valence-electron chi connectivity index (χ0n) is 13.9. The third kappa shape index (κ3) is 3.07. The summed E-state index contributed by atoms with van der Waals surface area (Å²) < 4.78 is 19.6. The molecule has 2 aromatic carbocycles. The minimum atomic E-state index is -0.323. The topological polar surface area (TPSA) is 73.1 Å². The summed E-state index contributed by atoms with van der Waals surface area (Å²) in [5.41, 5.74) is 8.98. The van der Waals surface area contributed by atoms with Gasteiger partial charge in [-0.3, -0.25) is 0 Å². The number of nitrogens with zero attached hydrogens (tertiary/aromatic N) is 2. The Labute approximate surface area is 145 Å². The summed E-state index contributed by atoms with van der Waals surface area (Å²) in [7, 11) is 0. The summed E-state index contributed by atoms with van der Waals surface area (Å²) in [6, 6.07) is 8.18. The van der Waals surface area contributed by atoms with Crippen LogP contribution in [0.25, 0.3) is 10.9 Å². The van der Waals surface area contributed by atoms with Crippen LogP contribution in [0.2, 0.25) is 0 Å². The van der Waals surface area contributed by atoms with E-state index in [1.54, 1.807) is 6.07 Å². The van der Waals surface area contributed by atoms with Crippen LogP contribution in [0.5, 0.6) is 5.75 Å². The van der Waals surface area contributed by atoms with Gasteiger partial charge in [0, 0.05) is 17.1 Å². The lowest BCUT2D eigenvalue weighted by Gasteiger charge is -2.27. The SMILES string of the molecule is Cc1cc(N)cc2ncnc(Nc3ccc(F)cc3OC3CCC3)c12. The molecule has 1 saturated carbocycles. The highest BCUT2D eigenvalue weighted by Crippen LogP contribution is 2.35. The van der Waals surface area contributed by atoms with Crippen LogP contribution >= 0.6 is 0 Å². The first-order chi connectivity index (χ1) is 12.1. The highest BCUT2D eigenvalue weighted by molar-refractivity contribution is 5.95. The summed E-state index contributed by atoms with van der Waals surface area (Å²) in [5.74, 6) is 0.827. The molecule has 3 aromatic rings. The van der Waals surface area contributed by atoms with Gasteiger partial charge < -0.3 is 15.8 Å². The maximum atomic E-state index is 13.7. The van der Waals surface area contributed by atoms with Crippen molar-refractivity contribution in [2.75, 3.05) is 11.1 Å². The Morgan fingerprint density at radius 3 is 2.80 bits per heavy atom. The first kappa shape index (κ1) is 15.6. The van der Waals surface area contributed by atoms with Gasteiger partial charge in [-0.05, 0) is 56.0 Å². The van der Waals surface area contributed by atoms with Crippen molar-refractivity contribution < 1.29 is 9.13 Å². The number of aryl methyl sites for hydroxylation is 1. The zero-order chi connectivity index (χ0) is 17.4. The van der Waals surface area contributed by atoms with Crippen LogP contribution in [0, 0.1) is 12.7 Å². The summed E-state index contributed by atoms with van der Waals surface area (Å²) >= 11 is 0. The number of anilines is 3. The Hall–Kier alpha value is -2.89. The summed E-state index contributed by atoms with van der Waals surface area (Å²) in [4.78, 5) is 8.65. The lowest BCUT2D eigenvalue weighted by Crippen LogP contribution is -2.25. The number of fused-ring (bicyclic) bond motifs is 1. The maximum Gasteiger partial charge on any atom is 0.146 e. The summed E-state index contributed by atoms with van der Waals surface area (Å²) in [6.45, 7) is 1.96. The van der Waals surface area contributed by atoms with E-state index < -0.39 is 0 Å². The van der Waals surface area contributed by atoms with Crippen LogP contribution < -0.4 is 15.8 Å². The highest BCUT2D eigenvalue weighted by atomic mass is 19.1. The normalized spacial score (nSPS) is 14.3. The number of ether oxygens (including phenoxy) is 1. The van der Waals surface area contributed by atoms with Crippen molar-refractivity contribution in [3.8, 4) is 5.75 Å². The monoisotopic (exact) mass is 338 g/mol. The molecule has 0 saturated heterocycles. The minimum absolute atomic E-state index is 0.158. The summed E-state index contributed by atoms with van der Waals surface area (Å²) in [5, 5.41) is 4.16. The molecule has 1 aromatic heterocycles. The molecule has 0 unspecified atom stereocenters. The lowest BCUT2D eigenvalue weighted by molar-refractivity contribution is 0.121. The van der Waals surface area contributed by atoms with Crippen molar-refractivity contribution in [2.24, 2.45) is 0 Å². The van der Waals surface area contributed by atoms with Crippen LogP contribution in [0.4, 0.5) is 21.6 Å². The molecule has 1 heterocycles. The Morgan fingerprint density at radius 1 is 1.20 bits per heavy atom. The van der Waals surface area contributed by atoms with Crippen LogP contribution in [0.15, 0.2) is 36.7 Å². The smallest absolute Gasteiger partial charge is 0.146 e. The zero-order valence-corrected chi connectivity index (χ0v) is 13.9. The largest absolute Gasteiger partial charge is 0.488 e. The van der Waals surface area contributed by atoms with Gasteiger partial charge in [0.05, 0.1) is 17.3 Å². The van der Waals surface area contributed by atoms with Crippen LogP contribution in [0.3, 0.4) is 0 Å². The molecule has 128 valence electrons. The summed E-state index contributed by atoms with van der Waals surface area (Å²) in [6.07, 6.45) is 4.81. The second-order valence-electron chi connectivity index (χ2n) is 6.39. The van der Waals surface area contributed by atoms with Gasteiger partial charge in [0.2, 0.25) is 0 Å². The Bertz CT molecular complexity index is 940. The molecule has 0 amide bonds. The van der Waals surface area contributed by atoms with E-state index in [4.69, 9.17) is 10.5 Å². The first-order valence-corrected chi connectivity index (χ1v) is 8.34. The molecule has 5 nitrogen and oxygen atoms in total. The number of nitrogens with two attached hydrogens (primary N) is 1. The Morgan fingerprint density at radius 2 is 2.04 bits per heavy atom. The maximum absolute atomic E-state index is 13.7. The van der Waals surface area contributed by atoms with Gasteiger partial charge in [-0.15, -0.1) is 0 Å². The van der Waals surface area contributed by atoms with E-state index in [0.29, 0.717) is 22.9 Å². The van der Waals surface area contributed by atoms with Crippen molar-refractivity contribution >= 4 is 28.1 Å². The van der Waals surface area contributed by atoms with E-state index in [1.807, 2.05) is 19.1 Å². The standard InChI is InChI=1S/C19H19FN4O/c1-11-7-13(21)9-16-18(11)19(23-10-22-16)24-15-6-5-12(20)8-17(15)25-14-3-2-4-14/h5-10,14H,2-4,21H2,1H3,(H,22,23,24). The molecule has 3 N–H and O–H groups in total. The van der Waals surface area contributed by atoms with Crippen molar-refractivity contribution in [3.63, 3.8) is 0 Å². The molecular weight excluding hydrogens is 319 g/mol. The van der Waals surface area contributed by atoms with E-state index in [9.17, 15) is 4.39 Å². The number of halogens is 1. The van der Waals surface area contributed by atoms with E-state index in [1.165, 1.54) is 18.5 Å². The van der Waals surface area contributed by atoms with Gasteiger partial charge in [0.25, 0.3) is 0 Å². The van der Waals surface area contributed by atoms with Crippen LogP contribution in [-0.4, -0.2) is 16.1 Å². The molecule has 25 heavy (non-hydrogen) atoms. The van der Waals surface area contributed by atoms with Crippen molar-refractivity contribution in [2.45, 2.75) is 32.3 Å². The number of hydrogen-bond donors (Lipinski definition) is 2. The Kier molecular flexibility index (Phi) is 3.87. The van der Waals surface area contributed by atoms with E-state index in [-0.39, 0.29) is 11.9 Å². The molecule has 1 fully saturated rings. The molecule has 1 aliphatic rings. The molecule has 0 atom stereocenters. The fourth-order valence-corrected chi connectivity index (χ4v) is 3.01. The average molecular weight is 338 g/mol. The molecule has 4 rings (SSSR count). The Balaban J connectivity index is 1.74. The van der Waals surface area contributed by atoms with E-state index in [2.05, 4.69) is 15.3 Å². The molecule has 0 aliphatic heterocycles. The van der Waals surface area contributed by atoms with E-state index >= 15 is 0 Å². The average Bonchev–Trinajstić information content (AvgIpc) is 2.52. The molecule has 1 aliphatic carbocycles. The highest BCUT2D eigenvalue weighted by Gasteiger charge is 2.21. The number of nitrogen functional groups attached to an aromatic ring is 1. The van der Waals surface area contributed by atoms with Crippen LogP contribution in [-0.2, 0) is 0 Å². The van der Waals surface area contributed by atoms with Crippen molar-refractivity contribution in [1.82, 2.24) is 9.97 Å². The number of aromatic nitrogens is 2. The second kappa shape index (κ2) is 6.20. The lowest BCUT2D eigenvalue weighted by atomic mass is 9.96.